The molecule has 1 saturated carbocycles. The van der Waals surface area contributed by atoms with Gasteiger partial charge in [-0.25, -0.2) is 0 Å². The first-order chi connectivity index (χ1) is 17.5. The van der Waals surface area contributed by atoms with Gasteiger partial charge in [-0.15, -0.1) is 0 Å². The zero-order chi connectivity index (χ0) is 25.5. The Bertz CT molecular complexity index is 1190. The first-order valence-corrected chi connectivity index (χ1v) is 12.3. The number of pyridine rings is 1. The zero-order valence-electron chi connectivity index (χ0n) is 20.6. The molecular formula is C29H31N3O4. The summed E-state index contributed by atoms with van der Waals surface area (Å²) in [6.07, 6.45) is 6.70. The molecule has 7 nitrogen and oxygen atoms in total. The summed E-state index contributed by atoms with van der Waals surface area (Å²) in [5.74, 6) is -0.0951. The van der Waals surface area contributed by atoms with Crippen LogP contribution in [0, 0.1) is 0 Å². The Labute approximate surface area is 211 Å². The molecule has 4 rings (SSSR count). The van der Waals surface area contributed by atoms with Crippen molar-refractivity contribution in [3.05, 3.63) is 89.7 Å². The number of anilines is 1. The second-order valence-electron chi connectivity index (χ2n) is 9.01. The van der Waals surface area contributed by atoms with E-state index >= 15 is 0 Å². The first kappa shape index (κ1) is 25.1. The van der Waals surface area contributed by atoms with E-state index in [1.165, 1.54) is 18.2 Å². The lowest BCUT2D eigenvalue weighted by atomic mass is 9.94. The average molecular weight is 486 g/mol. The fourth-order valence-corrected chi connectivity index (χ4v) is 4.58. The molecule has 1 fully saturated rings. The Morgan fingerprint density at radius 1 is 0.944 bits per heavy atom. The van der Waals surface area contributed by atoms with Crippen molar-refractivity contribution in [2.75, 3.05) is 12.0 Å². The van der Waals surface area contributed by atoms with E-state index in [4.69, 9.17) is 4.74 Å². The van der Waals surface area contributed by atoms with Crippen LogP contribution in [-0.4, -0.2) is 35.7 Å². The number of hydrogen-bond donors (Lipinski definition) is 1. The van der Waals surface area contributed by atoms with Gasteiger partial charge in [0.25, 0.3) is 5.91 Å². The zero-order valence-corrected chi connectivity index (χ0v) is 20.6. The molecule has 1 aromatic heterocycles. The summed E-state index contributed by atoms with van der Waals surface area (Å²) in [4.78, 5) is 45.3. The van der Waals surface area contributed by atoms with E-state index in [0.717, 1.165) is 25.7 Å². The quantitative estimate of drug-likeness (QED) is 0.447. The molecule has 0 unspecified atom stereocenters. The molecule has 1 N–H and O–H groups in total. The van der Waals surface area contributed by atoms with Gasteiger partial charge < -0.3 is 10.1 Å². The summed E-state index contributed by atoms with van der Waals surface area (Å²) in [6, 6.07) is 18.1. The highest BCUT2D eigenvalue weighted by molar-refractivity contribution is 6.09. The maximum absolute atomic E-state index is 13.9. The number of ketones is 1. The molecule has 36 heavy (non-hydrogen) atoms. The van der Waals surface area contributed by atoms with Crippen molar-refractivity contribution >= 4 is 23.3 Å². The third-order valence-electron chi connectivity index (χ3n) is 6.54. The molecule has 0 radical (unpaired) electrons. The van der Waals surface area contributed by atoms with E-state index < -0.39 is 11.9 Å². The van der Waals surface area contributed by atoms with Gasteiger partial charge >= 0.3 is 0 Å². The van der Waals surface area contributed by atoms with Crippen LogP contribution in [0.3, 0.4) is 0 Å². The van der Waals surface area contributed by atoms with Gasteiger partial charge in [0.2, 0.25) is 5.91 Å². The first-order valence-electron chi connectivity index (χ1n) is 12.3. The maximum atomic E-state index is 13.9. The number of methoxy groups -OCH3 is 1. The van der Waals surface area contributed by atoms with Crippen LogP contribution in [0.25, 0.3) is 0 Å². The van der Waals surface area contributed by atoms with Gasteiger partial charge in [0.05, 0.1) is 7.11 Å². The van der Waals surface area contributed by atoms with E-state index in [1.54, 1.807) is 80.0 Å². The van der Waals surface area contributed by atoms with Crippen LogP contribution in [0.2, 0.25) is 0 Å². The van der Waals surface area contributed by atoms with Crippen molar-refractivity contribution in [1.29, 1.82) is 0 Å². The number of nitrogens with one attached hydrogen (secondary N) is 1. The number of carbonyl (C=O) groups excluding carboxylic acids is 3. The number of Topliss-reactive ketones (excluding diaryl/α,β-unsaturated/α-hetero) is 1. The molecule has 0 saturated heterocycles. The lowest BCUT2D eigenvalue weighted by Gasteiger charge is -2.33. The molecule has 1 aliphatic rings. The highest BCUT2D eigenvalue weighted by atomic mass is 16.5. The molecule has 2 amide bonds. The number of ether oxygens (including phenoxy) is 1. The number of nitrogens with zero attached hydrogens (tertiary/aromatic N) is 2. The predicted octanol–water partition coefficient (Wildman–Crippen LogP) is 5.13. The second kappa shape index (κ2) is 11.6. The summed E-state index contributed by atoms with van der Waals surface area (Å²) < 4.78 is 5.31. The summed E-state index contributed by atoms with van der Waals surface area (Å²) in [5.41, 5.74) is 1.88. The monoisotopic (exact) mass is 485 g/mol. The number of aromatic nitrogens is 1. The third-order valence-corrected chi connectivity index (χ3v) is 6.54. The van der Waals surface area contributed by atoms with Crippen molar-refractivity contribution < 1.29 is 19.1 Å². The number of rotatable bonds is 8. The van der Waals surface area contributed by atoms with Crippen molar-refractivity contribution in [3.63, 3.8) is 0 Å². The van der Waals surface area contributed by atoms with E-state index in [1.807, 2.05) is 0 Å². The van der Waals surface area contributed by atoms with Crippen LogP contribution >= 0.6 is 0 Å². The molecule has 7 heteroatoms. The number of amides is 2. The van der Waals surface area contributed by atoms with Gasteiger partial charge in [0, 0.05) is 23.5 Å². The van der Waals surface area contributed by atoms with Crippen LogP contribution in [-0.2, 0) is 4.79 Å². The van der Waals surface area contributed by atoms with Gasteiger partial charge in [0.15, 0.2) is 5.78 Å². The normalized spacial score (nSPS) is 14.5. The Kier molecular flexibility index (Phi) is 8.10. The van der Waals surface area contributed by atoms with Crippen LogP contribution in [0.5, 0.6) is 5.75 Å². The van der Waals surface area contributed by atoms with Crippen molar-refractivity contribution in [3.8, 4) is 5.75 Å². The summed E-state index contributed by atoms with van der Waals surface area (Å²) in [5, 5.41) is 3.19. The van der Waals surface area contributed by atoms with Crippen molar-refractivity contribution in [1.82, 2.24) is 10.3 Å². The summed E-state index contributed by atoms with van der Waals surface area (Å²) >= 11 is 0. The van der Waals surface area contributed by atoms with Gasteiger partial charge in [-0.1, -0.05) is 37.5 Å². The van der Waals surface area contributed by atoms with E-state index in [0.29, 0.717) is 22.6 Å². The summed E-state index contributed by atoms with van der Waals surface area (Å²) in [7, 11) is 1.58. The molecule has 1 heterocycles. The van der Waals surface area contributed by atoms with E-state index in [-0.39, 0.29) is 23.4 Å². The molecular weight excluding hydrogens is 454 g/mol. The third kappa shape index (κ3) is 5.79. The van der Waals surface area contributed by atoms with Crippen molar-refractivity contribution in [2.45, 2.75) is 51.1 Å². The Balaban J connectivity index is 1.80. The second-order valence-corrected chi connectivity index (χ2v) is 9.01. The minimum absolute atomic E-state index is 0.0684. The van der Waals surface area contributed by atoms with E-state index in [2.05, 4.69) is 10.3 Å². The number of hydrogen-bond acceptors (Lipinski definition) is 5. The minimum atomic E-state index is -0.949. The topological polar surface area (TPSA) is 88.6 Å². The molecule has 1 atom stereocenters. The SMILES string of the molecule is COc1ccc([C@H](C(=O)NC2CCCCC2)N(C(=O)c2ccccn2)c2ccc(C(C)=O)cc2)cc1. The van der Waals surface area contributed by atoms with Gasteiger partial charge in [-0.2, -0.15) is 0 Å². The molecule has 0 aliphatic heterocycles. The highest BCUT2D eigenvalue weighted by Gasteiger charge is 2.35. The Morgan fingerprint density at radius 3 is 2.22 bits per heavy atom. The fraction of sp³-hybridized carbons (Fsp3) is 0.310. The molecule has 1 aliphatic carbocycles. The lowest BCUT2D eigenvalue weighted by Crippen LogP contribution is -2.47. The predicted molar refractivity (Wildman–Crippen MR) is 138 cm³/mol. The van der Waals surface area contributed by atoms with Gasteiger partial charge in [-0.3, -0.25) is 24.3 Å². The molecule has 3 aromatic rings. The van der Waals surface area contributed by atoms with E-state index in [9.17, 15) is 14.4 Å². The van der Waals surface area contributed by atoms with Gasteiger partial charge in [-0.05, 0) is 73.9 Å². The largest absolute Gasteiger partial charge is 0.497 e. The van der Waals surface area contributed by atoms with Crippen molar-refractivity contribution in [2.24, 2.45) is 0 Å². The van der Waals surface area contributed by atoms with Crippen LogP contribution in [0.1, 0.15) is 71.5 Å². The average Bonchev–Trinajstić information content (AvgIpc) is 2.92. The maximum Gasteiger partial charge on any atom is 0.277 e. The van der Waals surface area contributed by atoms with Crippen LogP contribution in [0.15, 0.2) is 72.9 Å². The van der Waals surface area contributed by atoms with Gasteiger partial charge in [0.1, 0.15) is 17.5 Å². The summed E-state index contributed by atoms with van der Waals surface area (Å²) in [6.45, 7) is 1.49. The molecule has 0 bridgehead atoms. The molecule has 2 aromatic carbocycles. The highest BCUT2D eigenvalue weighted by Crippen LogP contribution is 2.31. The Morgan fingerprint density at radius 2 is 1.64 bits per heavy atom. The Hall–Kier alpha value is -4.00. The number of benzene rings is 2. The lowest BCUT2D eigenvalue weighted by molar-refractivity contribution is -0.123. The van der Waals surface area contributed by atoms with Crippen LogP contribution < -0.4 is 15.0 Å². The standard InChI is InChI=1S/C29H31N3O4/c1-20(33)21-11-15-24(16-12-21)32(29(35)26-10-6-7-19-30-26)27(22-13-17-25(36-2)18-14-22)28(34)31-23-8-4-3-5-9-23/h6-7,10-19,23,27H,3-5,8-9H2,1-2H3,(H,31,34)/t27-/m1/s1. The molecule has 0 spiro atoms. The number of carbonyl (C=O) groups is 3. The molecule has 186 valence electrons. The fourth-order valence-electron chi connectivity index (χ4n) is 4.58. The van der Waals surface area contributed by atoms with Crippen LogP contribution in [0.4, 0.5) is 5.69 Å². The minimum Gasteiger partial charge on any atom is -0.497 e. The smallest absolute Gasteiger partial charge is 0.277 e.